The summed E-state index contributed by atoms with van der Waals surface area (Å²) in [6.07, 6.45) is 0. The Hall–Kier alpha value is -1.27. The highest BCUT2D eigenvalue weighted by molar-refractivity contribution is 7.89. The second-order valence-electron chi connectivity index (χ2n) is 3.02. The first-order valence-corrected chi connectivity index (χ1v) is 6.25. The van der Waals surface area contributed by atoms with Gasteiger partial charge in [-0.2, -0.15) is 0 Å². The third-order valence-electron chi connectivity index (χ3n) is 2.00. The lowest BCUT2D eigenvalue weighted by Gasteiger charge is -2.10. The number of ether oxygens (including phenoxy) is 2. The van der Waals surface area contributed by atoms with E-state index in [0.717, 1.165) is 0 Å². The fourth-order valence-electron chi connectivity index (χ4n) is 1.26. The molecule has 0 spiro atoms. The smallest absolute Gasteiger partial charge is 0.240 e. The average Bonchev–Trinajstić information content (AvgIpc) is 2.28. The molecule has 0 saturated heterocycles. The van der Waals surface area contributed by atoms with Crippen molar-refractivity contribution in [3.05, 3.63) is 18.2 Å². The second-order valence-corrected chi connectivity index (χ2v) is 4.79. The Balaban J connectivity index is 3.18. The maximum Gasteiger partial charge on any atom is 0.240 e. The van der Waals surface area contributed by atoms with Crippen LogP contribution in [0.2, 0.25) is 0 Å². The van der Waals surface area contributed by atoms with Crippen molar-refractivity contribution in [1.29, 1.82) is 0 Å². The van der Waals surface area contributed by atoms with Crippen molar-refractivity contribution in [1.82, 2.24) is 4.72 Å². The van der Waals surface area contributed by atoms with Crippen LogP contribution in [0.25, 0.3) is 0 Å². The molecule has 0 bridgehead atoms. The molecule has 0 fully saturated rings. The molecule has 0 aliphatic heterocycles. The molecular weight excluding hydrogens is 230 g/mol. The molecule has 1 aromatic carbocycles. The molecule has 0 radical (unpaired) electrons. The maximum absolute atomic E-state index is 11.7. The van der Waals surface area contributed by atoms with Crippen molar-refractivity contribution in [2.24, 2.45) is 0 Å². The highest BCUT2D eigenvalue weighted by Gasteiger charge is 2.15. The van der Waals surface area contributed by atoms with Crippen LogP contribution in [0, 0.1) is 0 Å². The van der Waals surface area contributed by atoms with Crippen LogP contribution >= 0.6 is 0 Å². The Morgan fingerprint density at radius 3 is 2.31 bits per heavy atom. The largest absolute Gasteiger partial charge is 0.493 e. The fraction of sp³-hybridized carbons (Fsp3) is 0.400. The van der Waals surface area contributed by atoms with Crippen LogP contribution < -0.4 is 14.2 Å². The van der Waals surface area contributed by atoms with E-state index >= 15 is 0 Å². The van der Waals surface area contributed by atoms with Gasteiger partial charge in [0, 0.05) is 12.6 Å². The molecule has 0 atom stereocenters. The van der Waals surface area contributed by atoms with Crippen LogP contribution in [0.3, 0.4) is 0 Å². The molecule has 0 aliphatic carbocycles. The van der Waals surface area contributed by atoms with Gasteiger partial charge in [-0.05, 0) is 12.1 Å². The van der Waals surface area contributed by atoms with E-state index in [-0.39, 0.29) is 4.90 Å². The van der Waals surface area contributed by atoms with Gasteiger partial charge >= 0.3 is 0 Å². The molecule has 0 unspecified atom stereocenters. The van der Waals surface area contributed by atoms with E-state index in [9.17, 15) is 8.42 Å². The number of hydrogen-bond donors (Lipinski definition) is 1. The summed E-state index contributed by atoms with van der Waals surface area (Å²) in [4.78, 5) is 0.159. The second kappa shape index (κ2) is 5.18. The Morgan fingerprint density at radius 2 is 1.81 bits per heavy atom. The van der Waals surface area contributed by atoms with Gasteiger partial charge in [0.1, 0.15) is 0 Å². The molecule has 0 aliphatic rings. The molecule has 16 heavy (non-hydrogen) atoms. The lowest BCUT2D eigenvalue weighted by atomic mass is 10.3. The highest BCUT2D eigenvalue weighted by atomic mass is 32.2. The van der Waals surface area contributed by atoms with E-state index in [1.807, 2.05) is 0 Å². The fourth-order valence-corrected chi connectivity index (χ4v) is 2.31. The molecule has 0 saturated carbocycles. The molecule has 5 nitrogen and oxygen atoms in total. The number of benzene rings is 1. The van der Waals surface area contributed by atoms with E-state index in [4.69, 9.17) is 9.47 Å². The van der Waals surface area contributed by atoms with Gasteiger partial charge in [-0.3, -0.25) is 0 Å². The zero-order valence-electron chi connectivity index (χ0n) is 9.48. The quantitative estimate of drug-likeness (QED) is 0.840. The van der Waals surface area contributed by atoms with Crippen molar-refractivity contribution in [2.75, 3.05) is 20.8 Å². The van der Waals surface area contributed by atoms with Gasteiger partial charge in [0.2, 0.25) is 10.0 Å². The minimum atomic E-state index is -3.45. The Labute approximate surface area is 95.4 Å². The van der Waals surface area contributed by atoms with Crippen molar-refractivity contribution in [2.45, 2.75) is 11.8 Å². The van der Waals surface area contributed by atoms with Crippen LogP contribution in [0.1, 0.15) is 6.92 Å². The number of hydrogen-bond acceptors (Lipinski definition) is 4. The molecular formula is C10H15NO4S. The summed E-state index contributed by atoms with van der Waals surface area (Å²) < 4.78 is 35.8. The lowest BCUT2D eigenvalue weighted by Crippen LogP contribution is -2.23. The summed E-state index contributed by atoms with van der Waals surface area (Å²) in [5.41, 5.74) is 0. The Kier molecular flexibility index (Phi) is 4.14. The van der Waals surface area contributed by atoms with Gasteiger partial charge in [0.15, 0.2) is 11.5 Å². The maximum atomic E-state index is 11.7. The third-order valence-corrected chi connectivity index (χ3v) is 3.54. The summed E-state index contributed by atoms with van der Waals surface area (Å²) in [6.45, 7) is 2.06. The molecule has 6 heteroatoms. The van der Waals surface area contributed by atoms with Crippen LogP contribution in [-0.2, 0) is 10.0 Å². The van der Waals surface area contributed by atoms with Crippen molar-refractivity contribution >= 4 is 10.0 Å². The molecule has 0 heterocycles. The summed E-state index contributed by atoms with van der Waals surface area (Å²) in [6, 6.07) is 4.46. The van der Waals surface area contributed by atoms with Crippen molar-refractivity contribution < 1.29 is 17.9 Å². The number of rotatable bonds is 5. The Bertz CT molecular complexity index is 456. The zero-order valence-corrected chi connectivity index (χ0v) is 10.3. The SMILES string of the molecule is CCNS(=O)(=O)c1ccc(OC)c(OC)c1. The summed E-state index contributed by atoms with van der Waals surface area (Å²) in [7, 11) is -0.497. The van der Waals surface area contributed by atoms with E-state index in [1.54, 1.807) is 13.0 Å². The predicted molar refractivity (Wildman–Crippen MR) is 60.4 cm³/mol. The summed E-state index contributed by atoms with van der Waals surface area (Å²) in [5, 5.41) is 0. The average molecular weight is 245 g/mol. The van der Waals surface area contributed by atoms with E-state index in [0.29, 0.717) is 18.0 Å². The van der Waals surface area contributed by atoms with Gasteiger partial charge in [0.25, 0.3) is 0 Å². The molecule has 1 rings (SSSR count). The zero-order chi connectivity index (χ0) is 12.2. The van der Waals surface area contributed by atoms with Crippen molar-refractivity contribution in [3.63, 3.8) is 0 Å². The minimum absolute atomic E-state index is 0.159. The standard InChI is InChI=1S/C10H15NO4S/c1-4-11-16(12,13)8-5-6-9(14-2)10(7-8)15-3/h5-7,11H,4H2,1-3H3. The summed E-state index contributed by atoms with van der Waals surface area (Å²) >= 11 is 0. The van der Waals surface area contributed by atoms with Gasteiger partial charge < -0.3 is 9.47 Å². The van der Waals surface area contributed by atoms with Gasteiger partial charge in [0.05, 0.1) is 19.1 Å². The van der Waals surface area contributed by atoms with Gasteiger partial charge in [-0.15, -0.1) is 0 Å². The molecule has 0 aromatic heterocycles. The highest BCUT2D eigenvalue weighted by Crippen LogP contribution is 2.29. The monoisotopic (exact) mass is 245 g/mol. The van der Waals surface area contributed by atoms with Crippen molar-refractivity contribution in [3.8, 4) is 11.5 Å². The van der Waals surface area contributed by atoms with Crippen LogP contribution in [0.5, 0.6) is 11.5 Å². The Morgan fingerprint density at radius 1 is 1.19 bits per heavy atom. The molecule has 1 aromatic rings. The van der Waals surface area contributed by atoms with Gasteiger partial charge in [-0.1, -0.05) is 6.92 Å². The normalized spacial score (nSPS) is 11.2. The topological polar surface area (TPSA) is 64.6 Å². The number of sulfonamides is 1. The van der Waals surface area contributed by atoms with Crippen LogP contribution in [0.15, 0.2) is 23.1 Å². The summed E-state index contributed by atoms with van der Waals surface area (Å²) in [5.74, 6) is 0.888. The first kappa shape index (κ1) is 12.8. The lowest BCUT2D eigenvalue weighted by molar-refractivity contribution is 0.354. The van der Waals surface area contributed by atoms with E-state index < -0.39 is 10.0 Å². The van der Waals surface area contributed by atoms with Crippen LogP contribution in [0.4, 0.5) is 0 Å². The van der Waals surface area contributed by atoms with E-state index in [2.05, 4.69) is 4.72 Å². The number of methoxy groups -OCH3 is 2. The first-order chi connectivity index (χ1) is 7.55. The molecule has 1 N–H and O–H groups in total. The van der Waals surface area contributed by atoms with E-state index in [1.165, 1.54) is 26.4 Å². The predicted octanol–water partition coefficient (Wildman–Crippen LogP) is 1.00. The first-order valence-electron chi connectivity index (χ1n) is 4.77. The van der Waals surface area contributed by atoms with Crippen LogP contribution in [-0.4, -0.2) is 29.2 Å². The molecule has 90 valence electrons. The molecule has 0 amide bonds. The minimum Gasteiger partial charge on any atom is -0.493 e. The number of nitrogens with one attached hydrogen (secondary N) is 1. The van der Waals surface area contributed by atoms with Gasteiger partial charge in [-0.25, -0.2) is 13.1 Å². The third kappa shape index (κ3) is 2.65.